The van der Waals surface area contributed by atoms with Gasteiger partial charge in [-0.25, -0.2) is 4.98 Å². The lowest BCUT2D eigenvalue weighted by molar-refractivity contribution is 0.603. The molecule has 0 radical (unpaired) electrons. The SMILES string of the molecule is CCCCn1c(-c2ccc(Br)cc2)nc2c(c1=O)=CC(C)CC=2. The molecule has 120 valence electrons. The number of nitrogens with zero attached hydrogens (tertiary/aromatic N) is 2. The third-order valence-corrected chi connectivity index (χ3v) is 4.73. The molecule has 0 amide bonds. The highest BCUT2D eigenvalue weighted by atomic mass is 79.9. The molecule has 1 heterocycles. The van der Waals surface area contributed by atoms with E-state index in [1.165, 1.54) is 0 Å². The van der Waals surface area contributed by atoms with Crippen LogP contribution in [0.15, 0.2) is 33.5 Å². The summed E-state index contributed by atoms with van der Waals surface area (Å²) in [6, 6.07) is 8.00. The van der Waals surface area contributed by atoms with Gasteiger partial charge in [-0.3, -0.25) is 9.36 Å². The molecule has 0 aliphatic heterocycles. The van der Waals surface area contributed by atoms with E-state index in [-0.39, 0.29) is 5.56 Å². The Labute approximate surface area is 144 Å². The second kappa shape index (κ2) is 6.83. The van der Waals surface area contributed by atoms with Crippen molar-refractivity contribution in [2.45, 2.75) is 39.7 Å². The van der Waals surface area contributed by atoms with Crippen LogP contribution in [0.25, 0.3) is 23.5 Å². The number of hydrogen-bond donors (Lipinski definition) is 0. The van der Waals surface area contributed by atoms with Crippen molar-refractivity contribution < 1.29 is 0 Å². The summed E-state index contributed by atoms with van der Waals surface area (Å²) in [4.78, 5) is 17.8. The smallest absolute Gasteiger partial charge is 0.261 e. The number of aromatic nitrogens is 2. The Kier molecular flexibility index (Phi) is 4.81. The first-order chi connectivity index (χ1) is 11.1. The number of benzene rings is 1. The van der Waals surface area contributed by atoms with Crippen LogP contribution in [0.4, 0.5) is 0 Å². The normalized spacial score (nSPS) is 16.4. The molecule has 1 aromatic carbocycles. The van der Waals surface area contributed by atoms with E-state index in [4.69, 9.17) is 4.98 Å². The minimum Gasteiger partial charge on any atom is -0.292 e. The van der Waals surface area contributed by atoms with Crippen LogP contribution >= 0.6 is 15.9 Å². The lowest BCUT2D eigenvalue weighted by Crippen LogP contribution is -2.49. The predicted octanol–water partition coefficient (Wildman–Crippen LogP) is 3.07. The van der Waals surface area contributed by atoms with Gasteiger partial charge in [0.15, 0.2) is 0 Å². The van der Waals surface area contributed by atoms with Gasteiger partial charge in [0.05, 0.1) is 10.6 Å². The molecule has 0 bridgehead atoms. The maximum absolute atomic E-state index is 13.0. The summed E-state index contributed by atoms with van der Waals surface area (Å²) >= 11 is 3.46. The Morgan fingerprint density at radius 1 is 1.30 bits per heavy atom. The van der Waals surface area contributed by atoms with Gasteiger partial charge in [0, 0.05) is 16.6 Å². The Balaban J connectivity index is 2.26. The van der Waals surface area contributed by atoms with Crippen molar-refractivity contribution in [1.29, 1.82) is 0 Å². The zero-order valence-corrected chi connectivity index (χ0v) is 15.1. The van der Waals surface area contributed by atoms with Crippen molar-refractivity contribution in [3.05, 3.63) is 49.7 Å². The van der Waals surface area contributed by atoms with E-state index in [0.717, 1.165) is 45.7 Å². The lowest BCUT2D eigenvalue weighted by Gasteiger charge is -2.15. The molecular weight excluding hydrogens is 352 g/mol. The molecule has 1 aromatic heterocycles. The Bertz CT molecular complexity index is 881. The Morgan fingerprint density at radius 2 is 2.04 bits per heavy atom. The van der Waals surface area contributed by atoms with Crippen LogP contribution in [0.3, 0.4) is 0 Å². The third kappa shape index (κ3) is 3.32. The Hall–Kier alpha value is -1.68. The summed E-state index contributed by atoms with van der Waals surface area (Å²) in [5, 5.41) is 1.60. The zero-order valence-electron chi connectivity index (χ0n) is 13.6. The molecule has 3 rings (SSSR count). The average molecular weight is 373 g/mol. The van der Waals surface area contributed by atoms with Crippen LogP contribution in [0, 0.1) is 5.92 Å². The highest BCUT2D eigenvalue weighted by molar-refractivity contribution is 9.10. The number of fused-ring (bicyclic) bond motifs is 1. The monoisotopic (exact) mass is 372 g/mol. The van der Waals surface area contributed by atoms with Crippen LogP contribution in [-0.2, 0) is 6.54 Å². The molecule has 0 fully saturated rings. The van der Waals surface area contributed by atoms with Gasteiger partial charge in [-0.15, -0.1) is 0 Å². The summed E-state index contributed by atoms with van der Waals surface area (Å²) in [7, 11) is 0. The van der Waals surface area contributed by atoms with Gasteiger partial charge in [-0.05, 0) is 30.9 Å². The molecule has 0 spiro atoms. The summed E-state index contributed by atoms with van der Waals surface area (Å²) in [5.41, 5.74) is 1.07. The van der Waals surface area contributed by atoms with Gasteiger partial charge in [0.1, 0.15) is 5.82 Å². The standard InChI is InChI=1S/C19H21BrN2O/c1-3-4-11-22-18(14-6-8-15(20)9-7-14)21-17-10-5-13(2)12-16(17)19(22)23/h6-10,12-13H,3-5,11H2,1-2H3. The van der Waals surface area contributed by atoms with Crippen LogP contribution in [0.5, 0.6) is 0 Å². The first-order valence-corrected chi connectivity index (χ1v) is 8.98. The highest BCUT2D eigenvalue weighted by Crippen LogP contribution is 2.18. The van der Waals surface area contributed by atoms with Gasteiger partial charge >= 0.3 is 0 Å². The number of unbranched alkanes of at least 4 members (excludes halogenated alkanes) is 1. The van der Waals surface area contributed by atoms with Crippen molar-refractivity contribution in [3.8, 4) is 11.4 Å². The maximum atomic E-state index is 13.0. The second-order valence-corrected chi connectivity index (χ2v) is 7.05. The van der Waals surface area contributed by atoms with Crippen molar-refractivity contribution in [2.75, 3.05) is 0 Å². The summed E-state index contributed by atoms with van der Waals surface area (Å²) < 4.78 is 2.86. The molecule has 1 unspecified atom stereocenters. The van der Waals surface area contributed by atoms with Crippen LogP contribution in [0.1, 0.15) is 33.1 Å². The number of rotatable bonds is 4. The van der Waals surface area contributed by atoms with Crippen LogP contribution < -0.4 is 16.1 Å². The van der Waals surface area contributed by atoms with Crippen molar-refractivity contribution in [2.24, 2.45) is 5.92 Å². The first kappa shape index (κ1) is 16.2. The van der Waals surface area contributed by atoms with Gasteiger partial charge in [0.2, 0.25) is 0 Å². The largest absolute Gasteiger partial charge is 0.292 e. The van der Waals surface area contributed by atoms with Gasteiger partial charge in [-0.2, -0.15) is 0 Å². The van der Waals surface area contributed by atoms with E-state index >= 15 is 0 Å². The van der Waals surface area contributed by atoms with Gasteiger partial charge in [-0.1, -0.05) is 60.5 Å². The topological polar surface area (TPSA) is 34.9 Å². The molecule has 0 N–H and O–H groups in total. The molecular formula is C19H21BrN2O. The molecule has 2 aromatic rings. The zero-order chi connectivity index (χ0) is 16.4. The average Bonchev–Trinajstić information content (AvgIpc) is 2.55. The molecule has 0 saturated heterocycles. The highest BCUT2D eigenvalue weighted by Gasteiger charge is 2.13. The predicted molar refractivity (Wildman–Crippen MR) is 98.5 cm³/mol. The number of halogens is 1. The first-order valence-electron chi connectivity index (χ1n) is 8.19. The summed E-state index contributed by atoms with van der Waals surface area (Å²) in [6.45, 7) is 4.99. The molecule has 1 atom stereocenters. The van der Waals surface area contributed by atoms with E-state index in [0.29, 0.717) is 12.5 Å². The molecule has 3 nitrogen and oxygen atoms in total. The van der Waals surface area contributed by atoms with E-state index < -0.39 is 0 Å². The fourth-order valence-corrected chi connectivity index (χ4v) is 3.16. The molecule has 1 aliphatic rings. The van der Waals surface area contributed by atoms with E-state index in [1.807, 2.05) is 28.8 Å². The molecule has 0 saturated carbocycles. The van der Waals surface area contributed by atoms with E-state index in [2.05, 4.69) is 41.9 Å². The summed E-state index contributed by atoms with van der Waals surface area (Å²) in [5.74, 6) is 1.17. The number of hydrogen-bond acceptors (Lipinski definition) is 2. The van der Waals surface area contributed by atoms with Crippen molar-refractivity contribution in [1.82, 2.24) is 9.55 Å². The minimum absolute atomic E-state index is 0.0872. The van der Waals surface area contributed by atoms with Gasteiger partial charge < -0.3 is 0 Å². The Morgan fingerprint density at radius 3 is 2.74 bits per heavy atom. The quantitative estimate of drug-likeness (QED) is 0.826. The lowest BCUT2D eigenvalue weighted by atomic mass is 10.0. The van der Waals surface area contributed by atoms with Crippen LogP contribution in [-0.4, -0.2) is 9.55 Å². The minimum atomic E-state index is 0.0872. The van der Waals surface area contributed by atoms with E-state index in [1.54, 1.807) is 0 Å². The van der Waals surface area contributed by atoms with Gasteiger partial charge in [0.25, 0.3) is 5.56 Å². The fourth-order valence-electron chi connectivity index (χ4n) is 2.89. The third-order valence-electron chi connectivity index (χ3n) is 4.21. The van der Waals surface area contributed by atoms with Crippen molar-refractivity contribution in [3.63, 3.8) is 0 Å². The van der Waals surface area contributed by atoms with Crippen molar-refractivity contribution >= 4 is 28.1 Å². The molecule has 1 aliphatic carbocycles. The summed E-state index contributed by atoms with van der Waals surface area (Å²) in [6.07, 6.45) is 7.13. The maximum Gasteiger partial charge on any atom is 0.261 e. The second-order valence-electron chi connectivity index (χ2n) is 6.14. The molecule has 23 heavy (non-hydrogen) atoms. The fraction of sp³-hybridized carbons (Fsp3) is 0.368. The molecule has 4 heteroatoms. The van der Waals surface area contributed by atoms with Crippen LogP contribution in [0.2, 0.25) is 0 Å². The van der Waals surface area contributed by atoms with E-state index in [9.17, 15) is 4.79 Å².